The van der Waals surface area contributed by atoms with E-state index in [0.29, 0.717) is 5.89 Å². The third-order valence-electron chi connectivity index (χ3n) is 4.15. The van der Waals surface area contributed by atoms with Gasteiger partial charge in [-0.2, -0.15) is 0 Å². The molecule has 0 bridgehead atoms. The fourth-order valence-corrected chi connectivity index (χ4v) is 3.71. The molecule has 0 atom stereocenters. The van der Waals surface area contributed by atoms with E-state index in [9.17, 15) is 0 Å². The van der Waals surface area contributed by atoms with Crippen molar-refractivity contribution < 1.29 is 4.42 Å². The maximum atomic E-state index is 5.91. The van der Waals surface area contributed by atoms with Crippen LogP contribution < -0.4 is 0 Å². The normalized spacial score (nSPS) is 10.8. The van der Waals surface area contributed by atoms with E-state index in [1.807, 2.05) is 43.0 Å². The molecule has 0 fully saturated rings. The lowest BCUT2D eigenvalue weighted by Crippen LogP contribution is -1.83. The van der Waals surface area contributed by atoms with E-state index in [0.717, 1.165) is 28.3 Å². The number of rotatable bonds is 5. The van der Waals surface area contributed by atoms with Gasteiger partial charge in [-0.15, -0.1) is 11.8 Å². The molecule has 3 heteroatoms. The maximum Gasteiger partial charge on any atom is 0.192 e. The number of thioether (sulfide) groups is 1. The van der Waals surface area contributed by atoms with Crippen LogP contribution in [0.3, 0.4) is 0 Å². The van der Waals surface area contributed by atoms with E-state index >= 15 is 0 Å². The molecule has 0 radical (unpaired) electrons. The van der Waals surface area contributed by atoms with Gasteiger partial charge in [0.05, 0.1) is 0 Å². The lowest BCUT2D eigenvalue weighted by Gasteiger charge is -2.05. The van der Waals surface area contributed by atoms with E-state index in [1.165, 1.54) is 10.5 Å². The molecule has 3 aromatic carbocycles. The van der Waals surface area contributed by atoms with Crippen LogP contribution in [0.15, 0.2) is 94.2 Å². The van der Waals surface area contributed by atoms with Gasteiger partial charge in [0.15, 0.2) is 11.7 Å². The average molecular weight is 357 g/mol. The fraction of sp³-hybridized carbons (Fsp3) is 0.0870. The van der Waals surface area contributed by atoms with Gasteiger partial charge < -0.3 is 4.42 Å². The van der Waals surface area contributed by atoms with Crippen molar-refractivity contribution in [2.45, 2.75) is 17.6 Å². The molecule has 4 aromatic rings. The number of hydrogen-bond acceptors (Lipinski definition) is 3. The van der Waals surface area contributed by atoms with Crippen LogP contribution in [0.1, 0.15) is 11.5 Å². The minimum atomic E-state index is 0.682. The summed E-state index contributed by atoms with van der Waals surface area (Å²) < 4.78 is 5.91. The Bertz CT molecular complexity index is 976. The second-order valence-corrected chi connectivity index (χ2v) is 7.12. The van der Waals surface area contributed by atoms with Crippen molar-refractivity contribution in [2.75, 3.05) is 0 Å². The Balaban J connectivity index is 1.56. The first-order valence-corrected chi connectivity index (χ1v) is 9.58. The summed E-state index contributed by atoms with van der Waals surface area (Å²) in [4.78, 5) is 5.83. The molecule has 0 spiro atoms. The van der Waals surface area contributed by atoms with Crippen molar-refractivity contribution in [3.8, 4) is 22.6 Å². The van der Waals surface area contributed by atoms with Crippen LogP contribution in [0.25, 0.3) is 22.6 Å². The second-order valence-electron chi connectivity index (χ2n) is 6.08. The zero-order valence-electron chi connectivity index (χ0n) is 14.6. The first-order valence-electron chi connectivity index (χ1n) is 8.59. The molecule has 0 N–H and O–H groups in total. The Morgan fingerprint density at radius 2 is 1.42 bits per heavy atom. The summed E-state index contributed by atoms with van der Waals surface area (Å²) in [5.41, 5.74) is 4.35. The van der Waals surface area contributed by atoms with Gasteiger partial charge in [-0.3, -0.25) is 0 Å². The number of aryl methyl sites for hydroxylation is 1. The summed E-state index contributed by atoms with van der Waals surface area (Å²) in [5.74, 6) is 2.48. The summed E-state index contributed by atoms with van der Waals surface area (Å²) >= 11 is 1.84. The molecule has 128 valence electrons. The molecule has 0 aliphatic carbocycles. The first kappa shape index (κ1) is 16.7. The van der Waals surface area contributed by atoms with Crippen molar-refractivity contribution in [2.24, 2.45) is 0 Å². The van der Waals surface area contributed by atoms with Crippen LogP contribution in [0.2, 0.25) is 0 Å². The maximum absolute atomic E-state index is 5.91. The summed E-state index contributed by atoms with van der Waals surface area (Å²) in [6, 6.07) is 29.2. The first-order chi connectivity index (χ1) is 12.8. The molecule has 0 aliphatic heterocycles. The Morgan fingerprint density at radius 1 is 0.769 bits per heavy atom. The summed E-state index contributed by atoms with van der Waals surface area (Å²) in [5, 5.41) is 0. The lowest BCUT2D eigenvalue weighted by atomic mass is 10.1. The van der Waals surface area contributed by atoms with Crippen LogP contribution in [0.5, 0.6) is 0 Å². The van der Waals surface area contributed by atoms with E-state index in [-0.39, 0.29) is 0 Å². The topological polar surface area (TPSA) is 26.0 Å². The highest BCUT2D eigenvalue weighted by Crippen LogP contribution is 2.33. The van der Waals surface area contributed by atoms with Gasteiger partial charge in [-0.1, -0.05) is 72.8 Å². The van der Waals surface area contributed by atoms with Crippen molar-refractivity contribution in [3.63, 3.8) is 0 Å². The molecule has 0 unspecified atom stereocenters. The molecule has 0 saturated heterocycles. The van der Waals surface area contributed by atoms with Gasteiger partial charge in [0, 0.05) is 28.7 Å². The highest BCUT2D eigenvalue weighted by molar-refractivity contribution is 7.98. The number of oxazole rings is 1. The quantitative estimate of drug-likeness (QED) is 0.376. The fourth-order valence-electron chi connectivity index (χ4n) is 2.86. The molecule has 1 heterocycles. The van der Waals surface area contributed by atoms with E-state index < -0.39 is 0 Å². The van der Waals surface area contributed by atoms with E-state index in [2.05, 4.69) is 65.6 Å². The third kappa shape index (κ3) is 3.73. The Labute approximate surface area is 157 Å². The van der Waals surface area contributed by atoms with Crippen molar-refractivity contribution in [3.05, 3.63) is 96.4 Å². The van der Waals surface area contributed by atoms with Gasteiger partial charge in [0.2, 0.25) is 0 Å². The van der Waals surface area contributed by atoms with E-state index in [1.54, 1.807) is 0 Å². The molecule has 0 saturated carbocycles. The van der Waals surface area contributed by atoms with Gasteiger partial charge in [0.25, 0.3) is 0 Å². The summed E-state index contributed by atoms with van der Waals surface area (Å²) in [7, 11) is 0. The van der Waals surface area contributed by atoms with Crippen molar-refractivity contribution in [1.82, 2.24) is 4.98 Å². The van der Waals surface area contributed by atoms with Gasteiger partial charge in [-0.25, -0.2) is 4.98 Å². The Kier molecular flexibility index (Phi) is 4.89. The van der Waals surface area contributed by atoms with Gasteiger partial charge in [0.1, 0.15) is 5.69 Å². The lowest BCUT2D eigenvalue weighted by molar-refractivity contribution is 0.534. The summed E-state index contributed by atoms with van der Waals surface area (Å²) in [6.07, 6.45) is 0. The monoisotopic (exact) mass is 357 g/mol. The number of aromatic nitrogens is 1. The molecular weight excluding hydrogens is 338 g/mol. The standard InChI is InChI=1S/C23H19NOS/c1-17-24-22(19-10-6-3-7-11-19)23(25-17)20-12-14-21(15-13-20)26-16-18-8-4-2-5-9-18/h2-15H,16H2,1H3. The average Bonchev–Trinajstić information content (AvgIpc) is 3.10. The number of hydrogen-bond donors (Lipinski definition) is 0. The van der Waals surface area contributed by atoms with Crippen LogP contribution in [-0.2, 0) is 5.75 Å². The van der Waals surface area contributed by atoms with Crippen LogP contribution in [-0.4, -0.2) is 4.98 Å². The minimum Gasteiger partial charge on any atom is -0.440 e. The number of benzene rings is 3. The minimum absolute atomic E-state index is 0.682. The zero-order chi connectivity index (χ0) is 17.8. The highest BCUT2D eigenvalue weighted by Gasteiger charge is 2.14. The highest BCUT2D eigenvalue weighted by atomic mass is 32.2. The third-order valence-corrected chi connectivity index (χ3v) is 5.23. The number of nitrogens with zero attached hydrogens (tertiary/aromatic N) is 1. The largest absolute Gasteiger partial charge is 0.440 e. The van der Waals surface area contributed by atoms with Crippen molar-refractivity contribution >= 4 is 11.8 Å². The Morgan fingerprint density at radius 3 is 2.12 bits per heavy atom. The van der Waals surface area contributed by atoms with Crippen molar-refractivity contribution in [1.29, 1.82) is 0 Å². The molecule has 0 aliphatic rings. The molecular formula is C23H19NOS. The molecule has 1 aromatic heterocycles. The van der Waals surface area contributed by atoms with Crippen LogP contribution in [0.4, 0.5) is 0 Å². The smallest absolute Gasteiger partial charge is 0.192 e. The molecule has 0 amide bonds. The van der Waals surface area contributed by atoms with Gasteiger partial charge >= 0.3 is 0 Å². The molecule has 2 nitrogen and oxygen atoms in total. The summed E-state index contributed by atoms with van der Waals surface area (Å²) in [6.45, 7) is 1.89. The zero-order valence-corrected chi connectivity index (χ0v) is 15.4. The van der Waals surface area contributed by atoms with Crippen LogP contribution >= 0.6 is 11.8 Å². The van der Waals surface area contributed by atoms with Gasteiger partial charge in [-0.05, 0) is 17.7 Å². The Hall–Kier alpha value is -2.78. The predicted molar refractivity (Wildman–Crippen MR) is 108 cm³/mol. The SMILES string of the molecule is Cc1nc(-c2ccccc2)c(-c2ccc(SCc3ccccc3)cc2)o1. The molecule has 26 heavy (non-hydrogen) atoms. The molecule has 4 rings (SSSR count). The predicted octanol–water partition coefficient (Wildman–Crippen LogP) is 6.61. The van der Waals surface area contributed by atoms with Crippen LogP contribution in [0, 0.1) is 6.92 Å². The van der Waals surface area contributed by atoms with E-state index in [4.69, 9.17) is 4.42 Å². The second kappa shape index (κ2) is 7.63.